The van der Waals surface area contributed by atoms with Crippen LogP contribution in [0.2, 0.25) is 0 Å². The molecule has 0 aromatic heterocycles. The van der Waals surface area contributed by atoms with Crippen molar-refractivity contribution in [1.29, 1.82) is 0 Å². The van der Waals surface area contributed by atoms with Crippen molar-refractivity contribution in [2.75, 3.05) is 7.11 Å². The van der Waals surface area contributed by atoms with Gasteiger partial charge in [0.2, 0.25) is 0 Å². The Morgan fingerprint density at radius 3 is 2.88 bits per heavy atom. The Morgan fingerprint density at radius 2 is 2.29 bits per heavy atom. The van der Waals surface area contributed by atoms with Crippen LogP contribution in [-0.4, -0.2) is 35.5 Å². The second-order valence-electron chi connectivity index (χ2n) is 3.31. The quantitative estimate of drug-likeness (QED) is 0.517. The number of aromatic hydroxyl groups is 1. The van der Waals surface area contributed by atoms with Gasteiger partial charge in [0.15, 0.2) is 11.5 Å². The van der Waals surface area contributed by atoms with E-state index in [1.165, 1.54) is 20.2 Å². The van der Waals surface area contributed by atoms with Crippen molar-refractivity contribution in [3.63, 3.8) is 0 Å². The number of carbonyl (C=O) groups excluding carboxylic acids is 1. The van der Waals surface area contributed by atoms with Crippen molar-refractivity contribution >= 4 is 12.1 Å². The van der Waals surface area contributed by atoms with Crippen molar-refractivity contribution in [2.45, 2.75) is 13.0 Å². The molecule has 1 aromatic rings. The number of nitrogens with one attached hydrogen (secondary N) is 1. The van der Waals surface area contributed by atoms with E-state index in [1.54, 1.807) is 18.2 Å². The molecule has 1 rings (SSSR count). The fraction of sp³-hybridized carbons (Fsp3) is 0.273. The molecule has 0 radical (unpaired) electrons. The Bertz CT molecular complexity index is 429. The van der Waals surface area contributed by atoms with E-state index in [0.717, 1.165) is 0 Å². The summed E-state index contributed by atoms with van der Waals surface area (Å²) in [5.41, 5.74) is 2.52. The summed E-state index contributed by atoms with van der Waals surface area (Å²) in [5.74, 6) is -0.371. The van der Waals surface area contributed by atoms with Crippen LogP contribution in [0.1, 0.15) is 12.5 Å². The van der Waals surface area contributed by atoms with Crippen LogP contribution in [0.3, 0.4) is 0 Å². The monoisotopic (exact) mass is 238 g/mol. The number of amides is 1. The molecule has 1 atom stereocenters. The summed E-state index contributed by atoms with van der Waals surface area (Å²) in [4.78, 5) is 11.0. The molecule has 0 aliphatic carbocycles. The number of benzene rings is 1. The van der Waals surface area contributed by atoms with Crippen LogP contribution in [0.4, 0.5) is 0 Å². The summed E-state index contributed by atoms with van der Waals surface area (Å²) in [7, 11) is 1.44. The zero-order valence-corrected chi connectivity index (χ0v) is 9.54. The van der Waals surface area contributed by atoms with E-state index < -0.39 is 12.0 Å². The number of para-hydroxylation sites is 1. The lowest BCUT2D eigenvalue weighted by Gasteiger charge is -2.05. The molecular weight excluding hydrogens is 224 g/mol. The molecule has 0 bridgehead atoms. The molecule has 0 saturated heterocycles. The number of aliphatic hydroxyl groups excluding tert-OH is 1. The average molecular weight is 238 g/mol. The van der Waals surface area contributed by atoms with E-state index in [4.69, 9.17) is 9.84 Å². The Hall–Kier alpha value is -2.08. The lowest BCUT2D eigenvalue weighted by atomic mass is 10.2. The molecule has 0 fully saturated rings. The Kier molecular flexibility index (Phi) is 4.47. The Morgan fingerprint density at radius 1 is 1.59 bits per heavy atom. The van der Waals surface area contributed by atoms with E-state index in [1.807, 2.05) is 0 Å². The van der Waals surface area contributed by atoms with Crippen LogP contribution in [0.15, 0.2) is 23.3 Å². The summed E-state index contributed by atoms with van der Waals surface area (Å²) >= 11 is 0. The van der Waals surface area contributed by atoms with Gasteiger partial charge in [-0.1, -0.05) is 6.07 Å². The lowest BCUT2D eigenvalue weighted by molar-refractivity contribution is -0.128. The molecule has 92 valence electrons. The van der Waals surface area contributed by atoms with Crippen molar-refractivity contribution in [1.82, 2.24) is 5.43 Å². The minimum atomic E-state index is -1.13. The zero-order chi connectivity index (χ0) is 12.8. The van der Waals surface area contributed by atoms with Gasteiger partial charge >= 0.3 is 0 Å². The second kappa shape index (κ2) is 5.86. The number of phenols is 1. The molecule has 0 spiro atoms. The molecule has 6 nitrogen and oxygen atoms in total. The highest BCUT2D eigenvalue weighted by Crippen LogP contribution is 2.27. The van der Waals surface area contributed by atoms with Gasteiger partial charge < -0.3 is 14.9 Å². The molecule has 17 heavy (non-hydrogen) atoms. The van der Waals surface area contributed by atoms with Gasteiger partial charge in [-0.2, -0.15) is 5.10 Å². The molecule has 0 aliphatic rings. The van der Waals surface area contributed by atoms with Gasteiger partial charge in [-0.25, -0.2) is 5.43 Å². The number of aliphatic hydroxyl groups is 1. The van der Waals surface area contributed by atoms with Gasteiger partial charge in [0.05, 0.1) is 13.3 Å². The SMILES string of the molecule is COc1cccc(/C=N\NC(=O)[C@@H](C)O)c1O. The predicted octanol–water partition coefficient (Wildman–Crippen LogP) is 0.232. The second-order valence-corrected chi connectivity index (χ2v) is 3.31. The lowest BCUT2D eigenvalue weighted by Crippen LogP contribution is -2.28. The first-order chi connectivity index (χ1) is 8.06. The first-order valence-electron chi connectivity index (χ1n) is 4.93. The van der Waals surface area contributed by atoms with Gasteiger partial charge in [0, 0.05) is 5.56 Å². The third-order valence-electron chi connectivity index (χ3n) is 2.01. The molecule has 1 amide bonds. The fourth-order valence-corrected chi connectivity index (χ4v) is 1.07. The number of ether oxygens (including phenoxy) is 1. The Balaban J connectivity index is 2.75. The first kappa shape index (κ1) is 13.0. The topological polar surface area (TPSA) is 91.2 Å². The molecular formula is C11H14N2O4. The third kappa shape index (κ3) is 3.46. The number of phenolic OH excluding ortho intramolecular Hbond substituents is 1. The normalized spacial score (nSPS) is 12.4. The number of hydrogen-bond donors (Lipinski definition) is 3. The smallest absolute Gasteiger partial charge is 0.268 e. The van der Waals surface area contributed by atoms with E-state index >= 15 is 0 Å². The van der Waals surface area contributed by atoms with E-state index in [9.17, 15) is 9.90 Å². The van der Waals surface area contributed by atoms with Crippen LogP contribution in [0, 0.1) is 0 Å². The molecule has 3 N–H and O–H groups in total. The minimum absolute atomic E-state index is 0.0648. The van der Waals surface area contributed by atoms with Crippen molar-refractivity contribution < 1.29 is 19.7 Å². The molecule has 0 heterocycles. The largest absolute Gasteiger partial charge is 0.504 e. The maximum atomic E-state index is 11.0. The summed E-state index contributed by atoms with van der Waals surface area (Å²) in [6.07, 6.45) is 0.129. The van der Waals surface area contributed by atoms with E-state index in [2.05, 4.69) is 10.5 Å². The van der Waals surface area contributed by atoms with Gasteiger partial charge in [0.25, 0.3) is 5.91 Å². The highest BCUT2D eigenvalue weighted by atomic mass is 16.5. The van der Waals surface area contributed by atoms with E-state index in [-0.39, 0.29) is 5.75 Å². The average Bonchev–Trinajstić information content (AvgIpc) is 2.31. The van der Waals surface area contributed by atoms with Gasteiger partial charge in [0.1, 0.15) is 6.10 Å². The van der Waals surface area contributed by atoms with E-state index in [0.29, 0.717) is 11.3 Å². The third-order valence-corrected chi connectivity index (χ3v) is 2.01. The zero-order valence-electron chi connectivity index (χ0n) is 9.54. The molecule has 0 aliphatic heterocycles. The number of methoxy groups -OCH3 is 1. The van der Waals surface area contributed by atoms with Crippen LogP contribution >= 0.6 is 0 Å². The van der Waals surface area contributed by atoms with Crippen LogP contribution in [0.25, 0.3) is 0 Å². The summed E-state index contributed by atoms with van der Waals surface area (Å²) in [6, 6.07) is 4.88. The minimum Gasteiger partial charge on any atom is -0.504 e. The number of hydrogen-bond acceptors (Lipinski definition) is 5. The van der Waals surface area contributed by atoms with Crippen LogP contribution < -0.4 is 10.2 Å². The first-order valence-corrected chi connectivity index (χ1v) is 4.93. The molecule has 0 saturated carbocycles. The molecule has 0 unspecified atom stereocenters. The number of rotatable bonds is 4. The van der Waals surface area contributed by atoms with Gasteiger partial charge in [-0.05, 0) is 19.1 Å². The molecule has 6 heteroatoms. The van der Waals surface area contributed by atoms with Crippen LogP contribution in [0.5, 0.6) is 11.5 Å². The van der Waals surface area contributed by atoms with Crippen molar-refractivity contribution in [3.05, 3.63) is 23.8 Å². The maximum Gasteiger partial charge on any atom is 0.268 e. The Labute approximate surface area is 98.5 Å². The number of nitrogens with zero attached hydrogens (tertiary/aromatic N) is 1. The van der Waals surface area contributed by atoms with Crippen molar-refractivity contribution in [2.24, 2.45) is 5.10 Å². The highest BCUT2D eigenvalue weighted by molar-refractivity contribution is 5.86. The van der Waals surface area contributed by atoms with Crippen LogP contribution in [-0.2, 0) is 4.79 Å². The summed E-state index contributed by atoms with van der Waals surface area (Å²) in [5, 5.41) is 22.2. The van der Waals surface area contributed by atoms with Gasteiger partial charge in [-0.3, -0.25) is 4.79 Å². The van der Waals surface area contributed by atoms with Crippen molar-refractivity contribution in [3.8, 4) is 11.5 Å². The highest BCUT2D eigenvalue weighted by Gasteiger charge is 2.07. The summed E-state index contributed by atoms with van der Waals surface area (Å²) in [6.45, 7) is 1.33. The molecule has 1 aromatic carbocycles. The summed E-state index contributed by atoms with van der Waals surface area (Å²) < 4.78 is 4.91. The fourth-order valence-electron chi connectivity index (χ4n) is 1.07. The maximum absolute atomic E-state index is 11.0. The predicted molar refractivity (Wildman–Crippen MR) is 62.1 cm³/mol. The number of hydrazone groups is 1. The number of carbonyl (C=O) groups is 1. The standard InChI is InChI=1S/C11H14N2O4/c1-7(14)11(16)13-12-6-8-4-3-5-9(17-2)10(8)15/h3-7,14-15H,1-2H3,(H,13,16)/b12-6-/t7-/m1/s1. The van der Waals surface area contributed by atoms with Gasteiger partial charge in [-0.15, -0.1) is 0 Å².